The van der Waals surface area contributed by atoms with Gasteiger partial charge in [-0.25, -0.2) is 0 Å². The fraction of sp³-hybridized carbons (Fsp3) is 0.286. The van der Waals surface area contributed by atoms with Gasteiger partial charge in [-0.2, -0.15) is 0 Å². The number of carbonyl (C=O) groups is 3. The molecule has 0 radical (unpaired) electrons. The van der Waals surface area contributed by atoms with Crippen molar-refractivity contribution >= 4 is 17.7 Å². The van der Waals surface area contributed by atoms with Gasteiger partial charge in [0.05, 0.1) is 18.2 Å². The molecule has 6 nitrogen and oxygen atoms in total. The first-order chi connectivity index (χ1) is 12.9. The van der Waals surface area contributed by atoms with Crippen molar-refractivity contribution < 1.29 is 19.1 Å². The van der Waals surface area contributed by atoms with Crippen LogP contribution in [-0.4, -0.2) is 42.3 Å². The molecule has 0 bridgehead atoms. The minimum atomic E-state index is -0.867. The Labute approximate surface area is 158 Å². The van der Waals surface area contributed by atoms with Crippen LogP contribution in [0.3, 0.4) is 0 Å². The van der Waals surface area contributed by atoms with Crippen LogP contribution >= 0.6 is 0 Å². The van der Waals surface area contributed by atoms with Gasteiger partial charge in [-0.05, 0) is 50.1 Å². The number of carbonyl (C=O) groups excluding carboxylic acids is 3. The summed E-state index contributed by atoms with van der Waals surface area (Å²) in [4.78, 5) is 38.6. The number of ether oxygens (including phenoxy) is 1. The van der Waals surface area contributed by atoms with E-state index in [2.05, 4.69) is 5.32 Å². The second-order valence-electron chi connectivity index (χ2n) is 6.59. The number of hydrogen-bond acceptors (Lipinski definition) is 4. The number of nitrogens with one attached hydrogen (secondary N) is 1. The van der Waals surface area contributed by atoms with Crippen LogP contribution < -0.4 is 10.1 Å². The van der Waals surface area contributed by atoms with Crippen molar-refractivity contribution in [2.45, 2.75) is 26.3 Å². The molecule has 0 spiro atoms. The maximum Gasteiger partial charge on any atom is 0.262 e. The Hall–Kier alpha value is -3.15. The SMILES string of the molecule is COc1ccc(CCNC(=O)[C@H](C)N2C(=O)c3ccc(C)cc3C2=O)cc1. The number of hydrogen-bond donors (Lipinski definition) is 1. The van der Waals surface area contributed by atoms with E-state index in [0.29, 0.717) is 24.1 Å². The Balaban J connectivity index is 1.60. The lowest BCUT2D eigenvalue weighted by atomic mass is 10.1. The monoisotopic (exact) mass is 366 g/mol. The smallest absolute Gasteiger partial charge is 0.262 e. The van der Waals surface area contributed by atoms with E-state index in [1.165, 1.54) is 0 Å². The van der Waals surface area contributed by atoms with Gasteiger partial charge in [0.15, 0.2) is 0 Å². The summed E-state index contributed by atoms with van der Waals surface area (Å²) in [6.07, 6.45) is 0.643. The molecule has 3 amide bonds. The van der Waals surface area contributed by atoms with E-state index in [1.807, 2.05) is 31.2 Å². The fourth-order valence-electron chi connectivity index (χ4n) is 3.11. The van der Waals surface area contributed by atoms with Gasteiger partial charge in [-0.15, -0.1) is 0 Å². The van der Waals surface area contributed by atoms with Crippen LogP contribution in [0.25, 0.3) is 0 Å². The Bertz CT molecular complexity index is 890. The molecule has 0 fully saturated rings. The van der Waals surface area contributed by atoms with E-state index in [1.54, 1.807) is 32.2 Å². The average Bonchev–Trinajstić information content (AvgIpc) is 2.91. The molecule has 2 aromatic carbocycles. The third-order valence-electron chi connectivity index (χ3n) is 4.71. The molecule has 6 heteroatoms. The first kappa shape index (κ1) is 18.6. The molecule has 2 aromatic rings. The van der Waals surface area contributed by atoms with Crippen molar-refractivity contribution in [1.82, 2.24) is 10.2 Å². The van der Waals surface area contributed by atoms with E-state index in [0.717, 1.165) is 21.8 Å². The van der Waals surface area contributed by atoms with Gasteiger partial charge in [0.1, 0.15) is 11.8 Å². The zero-order valence-electron chi connectivity index (χ0n) is 15.6. The maximum absolute atomic E-state index is 12.6. The minimum absolute atomic E-state index is 0.350. The van der Waals surface area contributed by atoms with Crippen molar-refractivity contribution in [2.24, 2.45) is 0 Å². The molecule has 1 aliphatic heterocycles. The number of aryl methyl sites for hydroxylation is 1. The van der Waals surface area contributed by atoms with E-state index >= 15 is 0 Å². The fourth-order valence-corrected chi connectivity index (χ4v) is 3.11. The molecule has 27 heavy (non-hydrogen) atoms. The van der Waals surface area contributed by atoms with Gasteiger partial charge in [-0.1, -0.05) is 23.8 Å². The van der Waals surface area contributed by atoms with Crippen LogP contribution in [0.4, 0.5) is 0 Å². The van der Waals surface area contributed by atoms with Crippen molar-refractivity contribution in [3.63, 3.8) is 0 Å². The summed E-state index contributed by atoms with van der Waals surface area (Å²) in [6, 6.07) is 11.8. The summed E-state index contributed by atoms with van der Waals surface area (Å²) in [5.74, 6) is -0.420. The molecule has 0 saturated heterocycles. The largest absolute Gasteiger partial charge is 0.497 e. The highest BCUT2D eigenvalue weighted by Gasteiger charge is 2.40. The molecule has 1 N–H and O–H groups in total. The Morgan fingerprint density at radius 1 is 1.07 bits per heavy atom. The van der Waals surface area contributed by atoms with Gasteiger partial charge >= 0.3 is 0 Å². The molecule has 1 heterocycles. The molecule has 1 atom stereocenters. The molecular formula is C21H22N2O4. The van der Waals surface area contributed by atoms with E-state index in [4.69, 9.17) is 4.74 Å². The molecule has 1 aliphatic rings. The lowest BCUT2D eigenvalue weighted by Gasteiger charge is -2.21. The maximum atomic E-state index is 12.6. The van der Waals surface area contributed by atoms with Crippen LogP contribution in [0.1, 0.15) is 38.8 Å². The van der Waals surface area contributed by atoms with Crippen LogP contribution in [0.2, 0.25) is 0 Å². The summed E-state index contributed by atoms with van der Waals surface area (Å²) >= 11 is 0. The van der Waals surface area contributed by atoms with Crippen molar-refractivity contribution in [2.75, 3.05) is 13.7 Å². The van der Waals surface area contributed by atoms with Gasteiger partial charge < -0.3 is 10.1 Å². The number of amides is 3. The van der Waals surface area contributed by atoms with Gasteiger partial charge in [0.25, 0.3) is 11.8 Å². The first-order valence-electron chi connectivity index (χ1n) is 8.81. The Kier molecular flexibility index (Phi) is 5.26. The van der Waals surface area contributed by atoms with E-state index in [-0.39, 0.29) is 5.91 Å². The predicted molar refractivity (Wildman–Crippen MR) is 101 cm³/mol. The van der Waals surface area contributed by atoms with Crippen molar-refractivity contribution in [1.29, 1.82) is 0 Å². The molecule has 0 aliphatic carbocycles. The lowest BCUT2D eigenvalue weighted by Crippen LogP contribution is -2.48. The molecular weight excluding hydrogens is 344 g/mol. The molecule has 3 rings (SSSR count). The zero-order valence-corrected chi connectivity index (χ0v) is 15.6. The first-order valence-corrected chi connectivity index (χ1v) is 8.81. The summed E-state index contributed by atoms with van der Waals surface area (Å²) in [6.45, 7) is 3.84. The standard InChI is InChI=1S/C21H22N2O4/c1-13-4-9-17-18(12-13)21(26)23(20(17)25)14(2)19(24)22-11-10-15-5-7-16(27-3)8-6-15/h4-9,12,14H,10-11H2,1-3H3,(H,22,24)/t14-/m0/s1. The third kappa shape index (κ3) is 3.69. The topological polar surface area (TPSA) is 75.7 Å². The number of methoxy groups -OCH3 is 1. The zero-order chi connectivity index (χ0) is 19.6. The summed E-state index contributed by atoms with van der Waals surface area (Å²) < 4.78 is 5.12. The molecule has 0 unspecified atom stereocenters. The molecule has 0 aromatic heterocycles. The number of nitrogens with zero attached hydrogens (tertiary/aromatic N) is 1. The van der Waals surface area contributed by atoms with Gasteiger partial charge in [0, 0.05) is 6.54 Å². The van der Waals surface area contributed by atoms with Gasteiger partial charge in [-0.3, -0.25) is 19.3 Å². The number of imide groups is 1. The van der Waals surface area contributed by atoms with E-state index < -0.39 is 17.9 Å². The normalized spacial score (nSPS) is 14.1. The highest BCUT2D eigenvalue weighted by atomic mass is 16.5. The van der Waals surface area contributed by atoms with Crippen molar-refractivity contribution in [3.05, 3.63) is 64.7 Å². The summed E-state index contributed by atoms with van der Waals surface area (Å²) in [7, 11) is 1.61. The number of benzene rings is 2. The second kappa shape index (κ2) is 7.61. The lowest BCUT2D eigenvalue weighted by molar-refractivity contribution is -0.124. The Morgan fingerprint density at radius 2 is 1.74 bits per heavy atom. The van der Waals surface area contributed by atoms with Crippen LogP contribution in [-0.2, 0) is 11.2 Å². The van der Waals surface area contributed by atoms with E-state index in [9.17, 15) is 14.4 Å². The molecule has 140 valence electrons. The summed E-state index contributed by atoms with van der Waals surface area (Å²) in [5.41, 5.74) is 2.66. The van der Waals surface area contributed by atoms with Crippen LogP contribution in [0.5, 0.6) is 5.75 Å². The number of rotatable bonds is 6. The van der Waals surface area contributed by atoms with Crippen LogP contribution in [0.15, 0.2) is 42.5 Å². The summed E-state index contributed by atoms with van der Waals surface area (Å²) in [5, 5.41) is 2.80. The third-order valence-corrected chi connectivity index (χ3v) is 4.71. The minimum Gasteiger partial charge on any atom is -0.497 e. The highest BCUT2D eigenvalue weighted by molar-refractivity contribution is 6.22. The highest BCUT2D eigenvalue weighted by Crippen LogP contribution is 2.25. The predicted octanol–water partition coefficient (Wildman–Crippen LogP) is 2.35. The average molecular weight is 366 g/mol. The Morgan fingerprint density at radius 3 is 2.41 bits per heavy atom. The second-order valence-corrected chi connectivity index (χ2v) is 6.59. The van der Waals surface area contributed by atoms with Crippen molar-refractivity contribution in [3.8, 4) is 5.75 Å². The quantitative estimate of drug-likeness (QED) is 0.797. The van der Waals surface area contributed by atoms with Crippen LogP contribution in [0, 0.1) is 6.92 Å². The number of fused-ring (bicyclic) bond motifs is 1. The van der Waals surface area contributed by atoms with Gasteiger partial charge in [0.2, 0.25) is 5.91 Å². The molecule has 0 saturated carbocycles.